The van der Waals surface area contributed by atoms with Crippen molar-refractivity contribution in [3.8, 4) is 0 Å². The van der Waals surface area contributed by atoms with Crippen molar-refractivity contribution in [1.82, 2.24) is 5.32 Å². The molecule has 0 saturated carbocycles. The summed E-state index contributed by atoms with van der Waals surface area (Å²) in [4.78, 5) is 10.9. The highest BCUT2D eigenvalue weighted by Gasteiger charge is 2.01. The number of rotatable bonds is 5. The van der Waals surface area contributed by atoms with Crippen molar-refractivity contribution in [3.05, 3.63) is 11.6 Å². The van der Waals surface area contributed by atoms with E-state index >= 15 is 0 Å². The van der Waals surface area contributed by atoms with Crippen LogP contribution in [0.3, 0.4) is 0 Å². The van der Waals surface area contributed by atoms with E-state index in [0.29, 0.717) is 11.6 Å². The summed E-state index contributed by atoms with van der Waals surface area (Å²) < 4.78 is 4.56. The predicted molar refractivity (Wildman–Crippen MR) is 53.5 cm³/mol. The fourth-order valence-electron chi connectivity index (χ4n) is 0.802. The van der Waals surface area contributed by atoms with Gasteiger partial charge >= 0.3 is 5.97 Å². The Labute approximate surface area is 80.2 Å². The van der Waals surface area contributed by atoms with Gasteiger partial charge < -0.3 is 10.1 Å². The quantitative estimate of drug-likeness (QED) is 0.521. The van der Waals surface area contributed by atoms with Crippen LogP contribution in [0.15, 0.2) is 11.6 Å². The van der Waals surface area contributed by atoms with Crippen molar-refractivity contribution in [2.75, 3.05) is 13.7 Å². The number of hydrogen-bond acceptors (Lipinski definition) is 3. The summed E-state index contributed by atoms with van der Waals surface area (Å²) >= 11 is 0. The monoisotopic (exact) mass is 185 g/mol. The van der Waals surface area contributed by atoms with Crippen molar-refractivity contribution < 1.29 is 9.53 Å². The topological polar surface area (TPSA) is 38.3 Å². The number of ether oxygens (including phenoxy) is 1. The predicted octanol–water partition coefficient (Wildman–Crippen LogP) is 1.49. The molecule has 0 saturated heterocycles. The third kappa shape index (κ3) is 5.42. The molecule has 0 radical (unpaired) electrons. The molecular formula is C10H19NO2. The fourth-order valence-corrected chi connectivity index (χ4v) is 0.802. The van der Waals surface area contributed by atoms with E-state index < -0.39 is 0 Å². The van der Waals surface area contributed by atoms with Crippen molar-refractivity contribution in [3.63, 3.8) is 0 Å². The zero-order valence-corrected chi connectivity index (χ0v) is 8.89. The maximum atomic E-state index is 10.9. The van der Waals surface area contributed by atoms with E-state index in [-0.39, 0.29) is 5.97 Å². The van der Waals surface area contributed by atoms with E-state index in [9.17, 15) is 4.79 Å². The molecule has 0 fully saturated rings. The highest BCUT2D eigenvalue weighted by molar-refractivity contribution is 5.87. The minimum atomic E-state index is -0.258. The average molecular weight is 185 g/mol. The molecule has 0 aromatic heterocycles. The van der Waals surface area contributed by atoms with Crippen LogP contribution < -0.4 is 5.32 Å². The van der Waals surface area contributed by atoms with E-state index in [0.717, 1.165) is 13.0 Å². The zero-order valence-electron chi connectivity index (χ0n) is 8.89. The first kappa shape index (κ1) is 12.2. The lowest BCUT2D eigenvalue weighted by Crippen LogP contribution is -2.25. The summed E-state index contributed by atoms with van der Waals surface area (Å²) in [5.74, 6) is -0.258. The molecule has 13 heavy (non-hydrogen) atoms. The molecule has 0 amide bonds. The maximum Gasteiger partial charge on any atom is 0.333 e. The Morgan fingerprint density at radius 2 is 2.23 bits per heavy atom. The summed E-state index contributed by atoms with van der Waals surface area (Å²) in [6.45, 7) is 6.70. The van der Waals surface area contributed by atoms with Crippen LogP contribution in [0.1, 0.15) is 27.2 Å². The first-order valence-electron chi connectivity index (χ1n) is 4.60. The Bertz CT molecular complexity index is 187. The van der Waals surface area contributed by atoms with Crippen LogP contribution in [0.5, 0.6) is 0 Å². The van der Waals surface area contributed by atoms with Gasteiger partial charge in [-0.1, -0.05) is 13.0 Å². The highest BCUT2D eigenvalue weighted by Crippen LogP contribution is 1.94. The molecule has 0 rings (SSSR count). The van der Waals surface area contributed by atoms with Gasteiger partial charge in [-0.15, -0.1) is 0 Å². The lowest BCUT2D eigenvalue weighted by atomic mass is 10.2. The summed E-state index contributed by atoms with van der Waals surface area (Å²) in [7, 11) is 1.39. The van der Waals surface area contributed by atoms with Gasteiger partial charge in [0.15, 0.2) is 0 Å². The second-order valence-corrected chi connectivity index (χ2v) is 3.10. The smallest absolute Gasteiger partial charge is 0.333 e. The second-order valence-electron chi connectivity index (χ2n) is 3.10. The van der Waals surface area contributed by atoms with Crippen molar-refractivity contribution >= 4 is 5.97 Å². The van der Waals surface area contributed by atoms with Gasteiger partial charge in [0.1, 0.15) is 0 Å². The van der Waals surface area contributed by atoms with Gasteiger partial charge in [-0.2, -0.15) is 0 Å². The first-order valence-corrected chi connectivity index (χ1v) is 4.60. The van der Waals surface area contributed by atoms with Gasteiger partial charge in [-0.25, -0.2) is 4.79 Å². The van der Waals surface area contributed by atoms with Gasteiger partial charge in [0.05, 0.1) is 7.11 Å². The van der Waals surface area contributed by atoms with E-state index in [1.165, 1.54) is 7.11 Å². The molecule has 3 nitrogen and oxygen atoms in total. The lowest BCUT2D eigenvalue weighted by molar-refractivity contribution is -0.136. The maximum absolute atomic E-state index is 10.9. The van der Waals surface area contributed by atoms with Crippen molar-refractivity contribution in [2.24, 2.45) is 0 Å². The van der Waals surface area contributed by atoms with Crippen LogP contribution in [0.4, 0.5) is 0 Å². The number of nitrogens with one attached hydrogen (secondary N) is 1. The van der Waals surface area contributed by atoms with Crippen LogP contribution in [-0.4, -0.2) is 25.7 Å². The molecule has 0 aliphatic heterocycles. The minimum absolute atomic E-state index is 0.258. The van der Waals surface area contributed by atoms with Crippen molar-refractivity contribution in [1.29, 1.82) is 0 Å². The third-order valence-electron chi connectivity index (χ3n) is 1.99. The molecule has 1 atom stereocenters. The Morgan fingerprint density at radius 3 is 2.69 bits per heavy atom. The normalized spacial score (nSPS) is 14.0. The van der Waals surface area contributed by atoms with Crippen LogP contribution in [0.2, 0.25) is 0 Å². The molecular weight excluding hydrogens is 166 g/mol. The van der Waals surface area contributed by atoms with E-state index in [1.54, 1.807) is 6.92 Å². The summed E-state index contributed by atoms with van der Waals surface area (Å²) in [5, 5.41) is 3.26. The molecule has 0 aromatic rings. The Morgan fingerprint density at radius 1 is 1.62 bits per heavy atom. The van der Waals surface area contributed by atoms with Crippen LogP contribution in [0, 0.1) is 0 Å². The zero-order chi connectivity index (χ0) is 10.3. The van der Waals surface area contributed by atoms with E-state index in [1.807, 2.05) is 6.08 Å². The Kier molecular flexibility index (Phi) is 6.24. The molecule has 1 unspecified atom stereocenters. The third-order valence-corrected chi connectivity index (χ3v) is 1.99. The molecule has 1 N–H and O–H groups in total. The van der Waals surface area contributed by atoms with Gasteiger partial charge in [-0.05, 0) is 20.3 Å². The molecule has 0 bridgehead atoms. The largest absolute Gasteiger partial charge is 0.466 e. The Hall–Kier alpha value is -0.830. The van der Waals surface area contributed by atoms with Crippen LogP contribution in [0.25, 0.3) is 0 Å². The average Bonchev–Trinajstić information content (AvgIpc) is 2.15. The summed E-state index contributed by atoms with van der Waals surface area (Å²) in [6.07, 6.45) is 2.93. The summed E-state index contributed by atoms with van der Waals surface area (Å²) in [6, 6.07) is 0.488. The standard InChI is InChI=1S/C10H19NO2/c1-5-9(3)11-7-6-8(2)10(12)13-4/h6,9,11H,5,7H2,1-4H3/b8-6-. The number of hydrogen-bond donors (Lipinski definition) is 1. The molecule has 3 heteroatoms. The highest BCUT2D eigenvalue weighted by atomic mass is 16.5. The molecule has 0 heterocycles. The van der Waals surface area contributed by atoms with Crippen LogP contribution >= 0.6 is 0 Å². The molecule has 0 aromatic carbocycles. The lowest BCUT2D eigenvalue weighted by Gasteiger charge is -2.08. The first-order chi connectivity index (χ1) is 6.11. The molecule has 0 aliphatic rings. The molecule has 0 aliphatic carbocycles. The fraction of sp³-hybridized carbons (Fsp3) is 0.700. The Balaban J connectivity index is 3.77. The van der Waals surface area contributed by atoms with Gasteiger partial charge in [0.25, 0.3) is 0 Å². The SMILES string of the molecule is CCC(C)NC/C=C(/C)C(=O)OC. The number of esters is 1. The van der Waals surface area contributed by atoms with Gasteiger partial charge in [0, 0.05) is 18.2 Å². The molecule has 76 valence electrons. The minimum Gasteiger partial charge on any atom is -0.466 e. The molecule has 0 spiro atoms. The summed E-state index contributed by atoms with van der Waals surface area (Å²) in [5.41, 5.74) is 0.651. The number of methoxy groups -OCH3 is 1. The van der Waals surface area contributed by atoms with Gasteiger partial charge in [-0.3, -0.25) is 0 Å². The number of carbonyl (C=O) groups excluding carboxylic acids is 1. The van der Waals surface area contributed by atoms with Crippen LogP contribution in [-0.2, 0) is 9.53 Å². The van der Waals surface area contributed by atoms with Gasteiger partial charge in [0.2, 0.25) is 0 Å². The van der Waals surface area contributed by atoms with E-state index in [4.69, 9.17) is 0 Å². The van der Waals surface area contributed by atoms with Crippen molar-refractivity contribution in [2.45, 2.75) is 33.2 Å². The second kappa shape index (κ2) is 6.66. The number of carbonyl (C=O) groups is 1. The van der Waals surface area contributed by atoms with E-state index in [2.05, 4.69) is 23.9 Å².